The zero-order valence-electron chi connectivity index (χ0n) is 12.5. The van der Waals surface area contributed by atoms with Crippen molar-refractivity contribution in [3.8, 4) is 5.75 Å². The molecular weight excluding hydrogens is 300 g/mol. The van der Waals surface area contributed by atoms with E-state index in [9.17, 15) is 15.0 Å². The quantitative estimate of drug-likeness (QED) is 0.684. The lowest BCUT2D eigenvalue weighted by molar-refractivity contribution is 0.0630. The van der Waals surface area contributed by atoms with Crippen LogP contribution in [0.25, 0.3) is 0 Å². The summed E-state index contributed by atoms with van der Waals surface area (Å²) in [6, 6.07) is 9.81. The average Bonchev–Trinajstić information content (AvgIpc) is 3.00. The number of nitrogens with one attached hydrogen (secondary N) is 2. The molecule has 0 radical (unpaired) electrons. The van der Waals surface area contributed by atoms with Gasteiger partial charge in [0, 0.05) is 4.88 Å². The van der Waals surface area contributed by atoms with Crippen LogP contribution in [-0.2, 0) is 5.60 Å². The van der Waals surface area contributed by atoms with E-state index < -0.39 is 5.60 Å². The molecule has 0 saturated heterocycles. The lowest BCUT2D eigenvalue weighted by Crippen LogP contribution is -2.43. The van der Waals surface area contributed by atoms with Crippen LogP contribution in [0.4, 0.5) is 4.79 Å². The van der Waals surface area contributed by atoms with Gasteiger partial charge < -0.3 is 20.8 Å². The van der Waals surface area contributed by atoms with E-state index in [0.717, 1.165) is 10.4 Å². The number of aliphatic hydroxyl groups is 1. The molecule has 4 N–H and O–H groups in total. The van der Waals surface area contributed by atoms with Crippen molar-refractivity contribution in [2.75, 3.05) is 6.54 Å². The topological polar surface area (TPSA) is 81.6 Å². The number of rotatable bonds is 5. The van der Waals surface area contributed by atoms with E-state index in [-0.39, 0.29) is 24.4 Å². The highest BCUT2D eigenvalue weighted by molar-refractivity contribution is 7.10. The molecule has 1 aromatic heterocycles. The van der Waals surface area contributed by atoms with Crippen molar-refractivity contribution in [1.29, 1.82) is 0 Å². The highest BCUT2D eigenvalue weighted by Gasteiger charge is 2.25. The maximum Gasteiger partial charge on any atom is 0.315 e. The number of carbonyl (C=O) groups excluding carboxylic acids is 1. The van der Waals surface area contributed by atoms with E-state index in [0.29, 0.717) is 0 Å². The van der Waals surface area contributed by atoms with Crippen LogP contribution in [0.15, 0.2) is 41.8 Å². The highest BCUT2D eigenvalue weighted by atomic mass is 32.1. The van der Waals surface area contributed by atoms with Crippen LogP contribution in [0.5, 0.6) is 5.75 Å². The van der Waals surface area contributed by atoms with Crippen LogP contribution in [-0.4, -0.2) is 22.8 Å². The molecule has 5 nitrogen and oxygen atoms in total. The van der Waals surface area contributed by atoms with Crippen molar-refractivity contribution >= 4 is 17.4 Å². The zero-order valence-corrected chi connectivity index (χ0v) is 13.4. The van der Waals surface area contributed by atoms with Gasteiger partial charge in [-0.05, 0) is 43.0 Å². The Balaban J connectivity index is 1.88. The minimum Gasteiger partial charge on any atom is -0.508 e. The third-order valence-electron chi connectivity index (χ3n) is 3.36. The summed E-state index contributed by atoms with van der Waals surface area (Å²) in [6.45, 7) is 3.61. The Bertz CT molecular complexity index is 626. The van der Waals surface area contributed by atoms with Gasteiger partial charge >= 0.3 is 6.03 Å². The van der Waals surface area contributed by atoms with Crippen LogP contribution in [0.1, 0.15) is 30.3 Å². The zero-order chi connectivity index (χ0) is 16.2. The van der Waals surface area contributed by atoms with Crippen LogP contribution in [0.3, 0.4) is 0 Å². The fourth-order valence-electron chi connectivity index (χ4n) is 2.05. The second kappa shape index (κ2) is 6.81. The van der Waals surface area contributed by atoms with Crippen molar-refractivity contribution in [1.82, 2.24) is 10.6 Å². The van der Waals surface area contributed by atoms with Crippen LogP contribution in [0.2, 0.25) is 0 Å². The molecule has 2 amide bonds. The smallest absolute Gasteiger partial charge is 0.315 e. The molecule has 22 heavy (non-hydrogen) atoms. The molecule has 2 aromatic rings. The van der Waals surface area contributed by atoms with Gasteiger partial charge in [0.15, 0.2) is 0 Å². The van der Waals surface area contributed by atoms with E-state index in [1.54, 1.807) is 25.1 Å². The lowest BCUT2D eigenvalue weighted by Gasteiger charge is -2.23. The summed E-state index contributed by atoms with van der Waals surface area (Å²) in [7, 11) is 0. The molecule has 0 aliphatic carbocycles. The summed E-state index contributed by atoms with van der Waals surface area (Å²) in [5.74, 6) is 0.159. The second-order valence-corrected chi connectivity index (χ2v) is 6.34. The first kappa shape index (κ1) is 16.3. The van der Waals surface area contributed by atoms with Gasteiger partial charge in [0.25, 0.3) is 0 Å². The maximum absolute atomic E-state index is 11.9. The van der Waals surface area contributed by atoms with E-state index in [2.05, 4.69) is 10.6 Å². The maximum atomic E-state index is 11.9. The summed E-state index contributed by atoms with van der Waals surface area (Å²) < 4.78 is 0. The fourth-order valence-corrected chi connectivity index (χ4v) is 2.84. The third kappa shape index (κ3) is 4.22. The number of thiophene rings is 1. The number of urea groups is 1. The monoisotopic (exact) mass is 320 g/mol. The summed E-state index contributed by atoms with van der Waals surface area (Å²) >= 11 is 1.44. The molecule has 2 rings (SSSR count). The third-order valence-corrected chi connectivity index (χ3v) is 4.49. The predicted molar refractivity (Wildman–Crippen MR) is 86.9 cm³/mol. The molecule has 118 valence electrons. The molecule has 0 saturated carbocycles. The summed E-state index contributed by atoms with van der Waals surface area (Å²) in [6.07, 6.45) is 0. The van der Waals surface area contributed by atoms with Gasteiger partial charge in [0.1, 0.15) is 11.4 Å². The molecule has 0 aliphatic heterocycles. The van der Waals surface area contributed by atoms with E-state index in [4.69, 9.17) is 0 Å². The van der Waals surface area contributed by atoms with Gasteiger partial charge in [-0.25, -0.2) is 4.79 Å². The Morgan fingerprint density at radius 1 is 1.36 bits per heavy atom. The van der Waals surface area contributed by atoms with E-state index in [1.165, 1.54) is 11.3 Å². The fraction of sp³-hybridized carbons (Fsp3) is 0.312. The number of phenols is 1. The molecular formula is C16H20N2O3S. The molecule has 0 fully saturated rings. The first-order valence-electron chi connectivity index (χ1n) is 6.98. The first-order valence-corrected chi connectivity index (χ1v) is 7.86. The van der Waals surface area contributed by atoms with Crippen molar-refractivity contribution in [2.24, 2.45) is 0 Å². The molecule has 0 bridgehead atoms. The average molecular weight is 320 g/mol. The largest absolute Gasteiger partial charge is 0.508 e. The summed E-state index contributed by atoms with van der Waals surface area (Å²) in [5, 5.41) is 27.1. The van der Waals surface area contributed by atoms with E-state index in [1.807, 2.05) is 30.5 Å². The molecule has 6 heteroatoms. The van der Waals surface area contributed by atoms with Crippen LogP contribution in [0, 0.1) is 0 Å². The number of aromatic hydroxyl groups is 1. The lowest BCUT2D eigenvalue weighted by atomic mass is 10.1. The Kier molecular flexibility index (Phi) is 5.05. The minimum atomic E-state index is -1.10. The standard InChI is InChI=1S/C16H20N2O3S/c1-11(12-5-3-6-13(19)9-12)18-15(20)17-10-16(2,21)14-7-4-8-22-14/h3-9,11,19,21H,10H2,1-2H3,(H2,17,18,20)/t11-,16?/m0/s1. The Labute approximate surface area is 133 Å². The normalized spacial score (nSPS) is 14.9. The van der Waals surface area contributed by atoms with Crippen LogP contribution >= 0.6 is 11.3 Å². The number of hydrogen-bond acceptors (Lipinski definition) is 4. The van der Waals surface area contributed by atoms with Crippen molar-refractivity contribution in [2.45, 2.75) is 25.5 Å². The molecule has 1 aromatic carbocycles. The van der Waals surface area contributed by atoms with Gasteiger partial charge in [0.05, 0.1) is 12.6 Å². The number of carbonyl (C=O) groups is 1. The molecule has 0 spiro atoms. The molecule has 0 aliphatic rings. The Morgan fingerprint density at radius 2 is 2.14 bits per heavy atom. The van der Waals surface area contributed by atoms with Gasteiger partial charge in [-0.1, -0.05) is 18.2 Å². The van der Waals surface area contributed by atoms with Crippen molar-refractivity contribution < 1.29 is 15.0 Å². The Morgan fingerprint density at radius 3 is 2.77 bits per heavy atom. The van der Waals surface area contributed by atoms with E-state index >= 15 is 0 Å². The SMILES string of the molecule is C[C@H](NC(=O)NCC(C)(O)c1cccs1)c1cccc(O)c1. The van der Waals surface area contributed by atoms with Gasteiger partial charge in [-0.15, -0.1) is 11.3 Å². The summed E-state index contributed by atoms with van der Waals surface area (Å²) in [4.78, 5) is 12.7. The second-order valence-electron chi connectivity index (χ2n) is 5.39. The van der Waals surface area contributed by atoms with Gasteiger partial charge in [-0.2, -0.15) is 0 Å². The van der Waals surface area contributed by atoms with Gasteiger partial charge in [-0.3, -0.25) is 0 Å². The predicted octanol–water partition coefficient (Wildman–Crippen LogP) is 2.72. The molecule has 1 heterocycles. The Hall–Kier alpha value is -2.05. The van der Waals surface area contributed by atoms with Crippen molar-refractivity contribution in [3.05, 3.63) is 52.2 Å². The number of hydrogen-bond donors (Lipinski definition) is 4. The molecule has 2 atom stereocenters. The highest BCUT2D eigenvalue weighted by Crippen LogP contribution is 2.24. The van der Waals surface area contributed by atoms with Crippen LogP contribution < -0.4 is 10.6 Å². The van der Waals surface area contributed by atoms with Gasteiger partial charge in [0.2, 0.25) is 0 Å². The minimum absolute atomic E-state index is 0.117. The number of amides is 2. The molecule has 1 unspecified atom stereocenters. The number of benzene rings is 1. The van der Waals surface area contributed by atoms with Crippen molar-refractivity contribution in [3.63, 3.8) is 0 Å². The number of phenolic OH excluding ortho intramolecular Hbond substituents is 1. The first-order chi connectivity index (χ1) is 10.4. The summed E-state index contributed by atoms with van der Waals surface area (Å²) in [5.41, 5.74) is -0.292.